The highest BCUT2D eigenvalue weighted by molar-refractivity contribution is 5.71. The van der Waals surface area contributed by atoms with E-state index in [0.29, 0.717) is 13.0 Å². The maximum absolute atomic E-state index is 10.3. The van der Waals surface area contributed by atoms with Gasteiger partial charge in [-0.1, -0.05) is 6.92 Å². The molecule has 9 heavy (non-hydrogen) atoms. The normalized spacial score (nSPS) is 27.4. The summed E-state index contributed by atoms with van der Waals surface area (Å²) in [5.41, 5.74) is 0. The van der Waals surface area contributed by atoms with Gasteiger partial charge in [-0.25, -0.2) is 0 Å². The molecule has 0 bridgehead atoms. The molecule has 1 rings (SSSR count). The van der Waals surface area contributed by atoms with Crippen molar-refractivity contribution >= 4 is 5.97 Å². The van der Waals surface area contributed by atoms with Crippen LogP contribution in [0, 0.1) is 5.92 Å². The number of ether oxygens (including phenoxy) is 1. The van der Waals surface area contributed by atoms with Crippen LogP contribution in [0.3, 0.4) is 0 Å². The number of carboxylic acid groups (broad SMARTS) is 1. The van der Waals surface area contributed by atoms with E-state index in [2.05, 4.69) is 0 Å². The molecule has 1 fully saturated rings. The molecule has 1 unspecified atom stereocenters. The third kappa shape index (κ3) is 1.42. The summed E-state index contributed by atoms with van der Waals surface area (Å²) in [6.07, 6.45) is 0.674. The lowest BCUT2D eigenvalue weighted by Gasteiger charge is -2.02. The summed E-state index contributed by atoms with van der Waals surface area (Å²) in [4.78, 5) is 10.3. The van der Waals surface area contributed by atoms with Gasteiger partial charge >= 0.3 is 5.97 Å². The Morgan fingerprint density at radius 3 is 2.67 bits per heavy atom. The highest BCUT2D eigenvalue weighted by Gasteiger charge is 2.36. The predicted octanol–water partition coefficient (Wildman–Crippen LogP) is 0.496. The van der Waals surface area contributed by atoms with Crippen molar-refractivity contribution in [2.45, 2.75) is 19.4 Å². The van der Waals surface area contributed by atoms with E-state index in [1.165, 1.54) is 0 Å². The van der Waals surface area contributed by atoms with Crippen LogP contribution in [0.1, 0.15) is 13.3 Å². The van der Waals surface area contributed by atoms with Gasteiger partial charge in [0.1, 0.15) is 0 Å². The third-order valence-electron chi connectivity index (χ3n) is 1.56. The highest BCUT2D eigenvalue weighted by atomic mass is 16.6. The molecule has 1 N–H and O–H groups in total. The zero-order valence-electron chi connectivity index (χ0n) is 5.33. The lowest BCUT2D eigenvalue weighted by molar-refractivity contribution is -0.142. The first kappa shape index (κ1) is 6.55. The van der Waals surface area contributed by atoms with Gasteiger partial charge in [0.2, 0.25) is 0 Å². The fraction of sp³-hybridized carbons (Fsp3) is 0.833. The number of carboxylic acids is 1. The van der Waals surface area contributed by atoms with Gasteiger partial charge in [0.25, 0.3) is 0 Å². The topological polar surface area (TPSA) is 49.8 Å². The Kier molecular flexibility index (Phi) is 1.71. The van der Waals surface area contributed by atoms with Gasteiger partial charge in [-0.15, -0.1) is 0 Å². The van der Waals surface area contributed by atoms with Crippen molar-refractivity contribution in [3.05, 3.63) is 0 Å². The Hall–Kier alpha value is -0.570. The minimum absolute atomic E-state index is 0.00694. The molecule has 1 heterocycles. The zero-order chi connectivity index (χ0) is 6.85. The minimum Gasteiger partial charge on any atom is -0.481 e. The van der Waals surface area contributed by atoms with Crippen molar-refractivity contribution in [1.29, 1.82) is 0 Å². The summed E-state index contributed by atoms with van der Waals surface area (Å²) < 4.78 is 4.84. The average molecular weight is 130 g/mol. The number of epoxide rings is 1. The van der Waals surface area contributed by atoms with E-state index in [0.717, 1.165) is 0 Å². The van der Waals surface area contributed by atoms with Crippen LogP contribution in [-0.2, 0) is 9.53 Å². The van der Waals surface area contributed by atoms with E-state index in [4.69, 9.17) is 9.84 Å². The Balaban J connectivity index is 2.37. The molecule has 0 aromatic heterocycles. The lowest BCUT2D eigenvalue weighted by Crippen LogP contribution is -2.18. The summed E-state index contributed by atoms with van der Waals surface area (Å²) >= 11 is 0. The molecule has 0 aromatic rings. The molecule has 2 atom stereocenters. The average Bonchev–Trinajstić information content (AvgIpc) is 2.50. The number of aliphatic carboxylic acids is 1. The maximum atomic E-state index is 10.3. The molecule has 0 amide bonds. The van der Waals surface area contributed by atoms with Crippen LogP contribution in [0.5, 0.6) is 0 Å². The molecule has 0 saturated carbocycles. The Morgan fingerprint density at radius 1 is 2.00 bits per heavy atom. The smallest absolute Gasteiger partial charge is 0.309 e. The second-order valence-electron chi connectivity index (χ2n) is 2.22. The van der Waals surface area contributed by atoms with E-state index in [9.17, 15) is 4.79 Å². The second-order valence-corrected chi connectivity index (χ2v) is 2.22. The number of carbonyl (C=O) groups is 1. The van der Waals surface area contributed by atoms with Crippen molar-refractivity contribution in [2.75, 3.05) is 6.61 Å². The van der Waals surface area contributed by atoms with Crippen LogP contribution >= 0.6 is 0 Å². The molecule has 0 spiro atoms. The molecule has 52 valence electrons. The SMILES string of the molecule is CC[C@@H](C(=O)O)C1CO1. The molecule has 1 aliphatic heterocycles. The first-order valence-electron chi connectivity index (χ1n) is 3.10. The zero-order valence-corrected chi connectivity index (χ0v) is 5.33. The molecule has 0 aliphatic carbocycles. The first-order chi connectivity index (χ1) is 4.25. The molecule has 3 heteroatoms. The van der Waals surface area contributed by atoms with Crippen molar-refractivity contribution < 1.29 is 14.6 Å². The fourth-order valence-corrected chi connectivity index (χ4v) is 0.884. The van der Waals surface area contributed by atoms with Crippen molar-refractivity contribution in [3.63, 3.8) is 0 Å². The Labute approximate surface area is 53.6 Å². The van der Waals surface area contributed by atoms with E-state index in [1.54, 1.807) is 0 Å². The first-order valence-corrected chi connectivity index (χ1v) is 3.10. The standard InChI is InChI=1S/C6H10O3/c1-2-4(6(7)8)5-3-9-5/h4-5H,2-3H2,1H3,(H,7,8)/t4-,5?/m1/s1. The van der Waals surface area contributed by atoms with Gasteiger partial charge in [0.05, 0.1) is 18.6 Å². The van der Waals surface area contributed by atoms with Crippen molar-refractivity contribution in [2.24, 2.45) is 5.92 Å². The summed E-state index contributed by atoms with van der Waals surface area (Å²) in [7, 11) is 0. The Morgan fingerprint density at radius 2 is 2.56 bits per heavy atom. The van der Waals surface area contributed by atoms with E-state index in [1.807, 2.05) is 6.92 Å². The van der Waals surface area contributed by atoms with E-state index < -0.39 is 5.97 Å². The summed E-state index contributed by atoms with van der Waals surface area (Å²) in [5, 5.41) is 8.50. The minimum atomic E-state index is -0.736. The van der Waals surface area contributed by atoms with Crippen LogP contribution in [0.4, 0.5) is 0 Å². The maximum Gasteiger partial charge on any atom is 0.309 e. The van der Waals surface area contributed by atoms with E-state index >= 15 is 0 Å². The molecule has 1 saturated heterocycles. The van der Waals surface area contributed by atoms with Crippen LogP contribution in [0.2, 0.25) is 0 Å². The monoisotopic (exact) mass is 130 g/mol. The van der Waals surface area contributed by atoms with Gasteiger partial charge in [-0.2, -0.15) is 0 Å². The van der Waals surface area contributed by atoms with Gasteiger partial charge in [-0.3, -0.25) is 4.79 Å². The van der Waals surface area contributed by atoms with Crippen molar-refractivity contribution in [3.8, 4) is 0 Å². The molecule has 1 aliphatic rings. The highest BCUT2D eigenvalue weighted by Crippen LogP contribution is 2.22. The Bertz CT molecular complexity index is 117. The third-order valence-corrected chi connectivity index (χ3v) is 1.56. The van der Waals surface area contributed by atoms with Gasteiger partial charge in [0.15, 0.2) is 0 Å². The summed E-state index contributed by atoms with van der Waals surface area (Å²) in [6, 6.07) is 0. The van der Waals surface area contributed by atoms with Crippen LogP contribution < -0.4 is 0 Å². The van der Waals surface area contributed by atoms with Gasteiger partial charge < -0.3 is 9.84 Å². The summed E-state index contributed by atoms with van der Waals surface area (Å²) in [5.74, 6) is -1.01. The lowest BCUT2D eigenvalue weighted by atomic mass is 10.0. The number of hydrogen-bond acceptors (Lipinski definition) is 2. The number of rotatable bonds is 3. The van der Waals surface area contributed by atoms with Gasteiger partial charge in [-0.05, 0) is 6.42 Å². The largest absolute Gasteiger partial charge is 0.481 e. The van der Waals surface area contributed by atoms with Crippen LogP contribution in [-0.4, -0.2) is 23.8 Å². The molecular formula is C6H10O3. The molecule has 3 nitrogen and oxygen atoms in total. The molecular weight excluding hydrogens is 120 g/mol. The van der Waals surface area contributed by atoms with Crippen LogP contribution in [0.15, 0.2) is 0 Å². The number of hydrogen-bond donors (Lipinski definition) is 1. The fourth-order valence-electron chi connectivity index (χ4n) is 0.884. The van der Waals surface area contributed by atoms with Crippen LogP contribution in [0.25, 0.3) is 0 Å². The molecule has 0 aromatic carbocycles. The molecule has 0 radical (unpaired) electrons. The van der Waals surface area contributed by atoms with E-state index in [-0.39, 0.29) is 12.0 Å². The van der Waals surface area contributed by atoms with Crippen molar-refractivity contribution in [1.82, 2.24) is 0 Å². The second kappa shape index (κ2) is 2.35. The van der Waals surface area contributed by atoms with Gasteiger partial charge in [0, 0.05) is 0 Å². The quantitative estimate of drug-likeness (QED) is 0.566. The summed E-state index contributed by atoms with van der Waals surface area (Å²) in [6.45, 7) is 2.49. The predicted molar refractivity (Wildman–Crippen MR) is 31.2 cm³/mol.